The lowest BCUT2D eigenvalue weighted by Gasteiger charge is -2.22. The van der Waals surface area contributed by atoms with Crippen molar-refractivity contribution in [3.63, 3.8) is 0 Å². The van der Waals surface area contributed by atoms with Crippen LogP contribution in [-0.4, -0.2) is 41.4 Å². The molecule has 174 valence electrons. The summed E-state index contributed by atoms with van der Waals surface area (Å²) in [6.45, 7) is 11.2. The van der Waals surface area contributed by atoms with Crippen LogP contribution in [0.4, 0.5) is 0 Å². The summed E-state index contributed by atoms with van der Waals surface area (Å²) >= 11 is 1.30. The van der Waals surface area contributed by atoms with Crippen LogP contribution in [0.2, 0.25) is 0 Å². The van der Waals surface area contributed by atoms with Crippen LogP contribution in [0.15, 0.2) is 29.2 Å². The molecule has 0 radical (unpaired) electrons. The number of fused-ring (bicyclic) bond motifs is 1. The smallest absolute Gasteiger partial charge is 0.295 e. The molecule has 0 saturated heterocycles. The summed E-state index contributed by atoms with van der Waals surface area (Å²) < 4.78 is 47.2. The van der Waals surface area contributed by atoms with E-state index in [-0.39, 0.29) is 24.0 Å². The van der Waals surface area contributed by atoms with E-state index in [0.717, 1.165) is 5.56 Å². The second-order valence-corrected chi connectivity index (χ2v) is 11.2. The fourth-order valence-corrected chi connectivity index (χ4v) is 5.28. The van der Waals surface area contributed by atoms with Gasteiger partial charge in [-0.3, -0.25) is 4.55 Å². The molecule has 0 aliphatic rings. The van der Waals surface area contributed by atoms with Crippen LogP contribution in [0.1, 0.15) is 45.7 Å². The molecule has 1 aromatic heterocycles. The molecule has 1 heterocycles. The van der Waals surface area contributed by atoms with E-state index in [1.54, 1.807) is 18.2 Å². The molecular weight excluding hydrogens is 450 g/mol. The van der Waals surface area contributed by atoms with Crippen molar-refractivity contribution < 1.29 is 27.6 Å². The Labute approximate surface area is 192 Å². The number of ether oxygens (including phenoxy) is 2. The first-order valence-corrected chi connectivity index (χ1v) is 12.6. The average Bonchev–Trinajstić information content (AvgIpc) is 3.01. The third-order valence-corrected chi connectivity index (χ3v) is 6.51. The molecule has 9 heteroatoms. The Bertz CT molecular complexity index is 1240. The minimum Gasteiger partial charge on any atom is -0.488 e. The maximum Gasteiger partial charge on any atom is 0.295 e. The summed E-state index contributed by atoms with van der Waals surface area (Å²) in [6.07, 6.45) is 0.145. The van der Waals surface area contributed by atoms with Crippen molar-refractivity contribution in [1.29, 1.82) is 0 Å². The number of aliphatic hydroxyl groups is 1. The van der Waals surface area contributed by atoms with Gasteiger partial charge in [0.2, 0.25) is 0 Å². The SMILES string of the molecule is Cc1ccc(S(=O)(=O)O)c(-c2cc(OC(C)(C)C)cc3nc(OC(C)C)sc23)c1CCO. The highest BCUT2D eigenvalue weighted by Gasteiger charge is 2.25. The van der Waals surface area contributed by atoms with E-state index in [4.69, 9.17) is 9.47 Å². The van der Waals surface area contributed by atoms with Crippen molar-refractivity contribution in [2.24, 2.45) is 0 Å². The third-order valence-electron chi connectivity index (χ3n) is 4.62. The second-order valence-electron chi connectivity index (χ2n) is 8.86. The van der Waals surface area contributed by atoms with Gasteiger partial charge in [0.1, 0.15) is 16.2 Å². The molecule has 0 amide bonds. The summed E-state index contributed by atoms with van der Waals surface area (Å²) in [5, 5.41) is 10.1. The van der Waals surface area contributed by atoms with Gasteiger partial charge in [0, 0.05) is 23.8 Å². The number of hydrogen-bond donors (Lipinski definition) is 2. The minimum absolute atomic E-state index is 0.0818. The van der Waals surface area contributed by atoms with Gasteiger partial charge in [0.15, 0.2) is 0 Å². The van der Waals surface area contributed by atoms with Crippen LogP contribution < -0.4 is 9.47 Å². The lowest BCUT2D eigenvalue weighted by molar-refractivity contribution is 0.131. The van der Waals surface area contributed by atoms with Gasteiger partial charge in [-0.25, -0.2) is 4.98 Å². The van der Waals surface area contributed by atoms with Gasteiger partial charge in [-0.1, -0.05) is 17.4 Å². The number of aliphatic hydroxyl groups excluding tert-OH is 1. The topological polar surface area (TPSA) is 106 Å². The molecule has 3 aromatic rings. The van der Waals surface area contributed by atoms with Crippen molar-refractivity contribution in [2.75, 3.05) is 6.61 Å². The fourth-order valence-electron chi connectivity index (χ4n) is 3.51. The molecule has 0 fully saturated rings. The van der Waals surface area contributed by atoms with Gasteiger partial charge in [-0.2, -0.15) is 8.42 Å². The molecule has 0 saturated carbocycles. The Balaban J connectivity index is 2.43. The molecule has 0 spiro atoms. The van der Waals surface area contributed by atoms with E-state index in [0.29, 0.717) is 37.9 Å². The predicted octanol–water partition coefficient (Wildman–Crippen LogP) is 5.02. The van der Waals surface area contributed by atoms with Gasteiger partial charge in [-0.05, 0) is 71.2 Å². The van der Waals surface area contributed by atoms with Gasteiger partial charge in [0.05, 0.1) is 16.3 Å². The third kappa shape index (κ3) is 5.40. The van der Waals surface area contributed by atoms with Crippen molar-refractivity contribution in [3.8, 4) is 22.1 Å². The summed E-state index contributed by atoms with van der Waals surface area (Å²) in [7, 11) is -4.54. The van der Waals surface area contributed by atoms with E-state index in [1.165, 1.54) is 17.4 Å². The van der Waals surface area contributed by atoms with Crippen molar-refractivity contribution in [3.05, 3.63) is 35.4 Å². The molecular formula is C23H29NO6S2. The predicted molar refractivity (Wildman–Crippen MR) is 127 cm³/mol. The quantitative estimate of drug-likeness (QED) is 0.458. The van der Waals surface area contributed by atoms with Crippen molar-refractivity contribution in [1.82, 2.24) is 4.98 Å². The van der Waals surface area contributed by atoms with Gasteiger partial charge in [0.25, 0.3) is 15.3 Å². The van der Waals surface area contributed by atoms with Gasteiger partial charge >= 0.3 is 0 Å². The van der Waals surface area contributed by atoms with Crippen LogP contribution in [0.5, 0.6) is 10.9 Å². The number of aryl methyl sites for hydroxylation is 1. The summed E-state index contributed by atoms with van der Waals surface area (Å²) in [5.74, 6) is 0.513. The normalized spacial score (nSPS) is 12.5. The Morgan fingerprint density at radius 2 is 1.88 bits per heavy atom. The zero-order valence-corrected chi connectivity index (χ0v) is 20.7. The molecule has 7 nitrogen and oxygen atoms in total. The number of benzene rings is 2. The highest BCUT2D eigenvalue weighted by molar-refractivity contribution is 7.86. The van der Waals surface area contributed by atoms with E-state index in [9.17, 15) is 18.1 Å². The second kappa shape index (κ2) is 8.97. The molecule has 0 aliphatic carbocycles. The molecule has 0 aliphatic heterocycles. The first-order valence-electron chi connectivity index (χ1n) is 10.3. The first kappa shape index (κ1) is 24.4. The van der Waals surface area contributed by atoms with E-state index < -0.39 is 15.7 Å². The van der Waals surface area contributed by atoms with Crippen molar-refractivity contribution in [2.45, 2.75) is 64.6 Å². The van der Waals surface area contributed by atoms with Crippen molar-refractivity contribution >= 4 is 31.7 Å². The zero-order valence-electron chi connectivity index (χ0n) is 19.1. The van der Waals surface area contributed by atoms with E-state index >= 15 is 0 Å². The molecule has 32 heavy (non-hydrogen) atoms. The minimum atomic E-state index is -4.54. The lowest BCUT2D eigenvalue weighted by atomic mass is 9.93. The first-order chi connectivity index (χ1) is 14.8. The summed E-state index contributed by atoms with van der Waals surface area (Å²) in [4.78, 5) is 4.35. The fraction of sp³-hybridized carbons (Fsp3) is 0.435. The standard InChI is InChI=1S/C23H29NO6S2/c1-13(2)29-22-24-18-12-15(30-23(4,5)6)11-17(21(18)31-22)20-16(9-10-25)14(3)7-8-19(20)32(26,27)28/h7-8,11-13,25H,9-10H2,1-6H3,(H,26,27,28). The lowest BCUT2D eigenvalue weighted by Crippen LogP contribution is -2.22. The van der Waals surface area contributed by atoms with Crippen LogP contribution in [-0.2, 0) is 16.5 Å². The summed E-state index contributed by atoms with van der Waals surface area (Å²) in [6, 6.07) is 6.57. The Kier molecular flexibility index (Phi) is 6.86. The maximum absolute atomic E-state index is 12.3. The Hall–Kier alpha value is -2.20. The molecule has 2 aromatic carbocycles. The average molecular weight is 480 g/mol. The molecule has 2 N–H and O–H groups in total. The van der Waals surface area contributed by atoms with E-state index in [1.807, 2.05) is 41.5 Å². The molecule has 0 bridgehead atoms. The van der Waals surface area contributed by atoms with Gasteiger partial charge < -0.3 is 14.6 Å². The van der Waals surface area contributed by atoms with Crippen LogP contribution in [0.25, 0.3) is 21.3 Å². The van der Waals surface area contributed by atoms with Crippen LogP contribution >= 0.6 is 11.3 Å². The van der Waals surface area contributed by atoms with E-state index in [2.05, 4.69) is 4.98 Å². The molecule has 0 atom stereocenters. The zero-order chi connectivity index (χ0) is 23.8. The van der Waals surface area contributed by atoms with Gasteiger partial charge in [-0.15, -0.1) is 0 Å². The molecule has 0 unspecified atom stereocenters. The maximum atomic E-state index is 12.3. The number of thiazole rings is 1. The van der Waals surface area contributed by atoms with Crippen LogP contribution in [0.3, 0.4) is 0 Å². The number of hydrogen-bond acceptors (Lipinski definition) is 7. The number of aromatic nitrogens is 1. The largest absolute Gasteiger partial charge is 0.488 e. The highest BCUT2D eigenvalue weighted by Crippen LogP contribution is 2.44. The van der Waals surface area contributed by atoms with Crippen LogP contribution in [0, 0.1) is 6.92 Å². The number of nitrogens with zero attached hydrogens (tertiary/aromatic N) is 1. The highest BCUT2D eigenvalue weighted by atomic mass is 32.2. The molecule has 3 rings (SSSR count). The Morgan fingerprint density at radius 1 is 1.19 bits per heavy atom. The number of rotatable bonds is 7. The monoisotopic (exact) mass is 479 g/mol. The Morgan fingerprint density at radius 3 is 2.44 bits per heavy atom. The summed E-state index contributed by atoms with van der Waals surface area (Å²) in [5.41, 5.74) is 2.44.